The minimum atomic E-state index is -1.27. The first-order valence-electron chi connectivity index (χ1n) is 8.28. The summed E-state index contributed by atoms with van der Waals surface area (Å²) in [7, 11) is 0. The Hall–Kier alpha value is -3.92. The molecule has 2 aromatic carbocycles. The van der Waals surface area contributed by atoms with Gasteiger partial charge in [-0.15, -0.1) is 0 Å². The van der Waals surface area contributed by atoms with Crippen molar-refractivity contribution in [1.29, 1.82) is 0 Å². The van der Waals surface area contributed by atoms with Crippen molar-refractivity contribution in [1.82, 2.24) is 5.43 Å². The Morgan fingerprint density at radius 1 is 0.967 bits per heavy atom. The van der Waals surface area contributed by atoms with Gasteiger partial charge in [0.05, 0.1) is 22.9 Å². The third kappa shape index (κ3) is 4.73. The molecule has 1 heterocycles. The predicted octanol–water partition coefficient (Wildman–Crippen LogP) is 3.58. The fourth-order valence-corrected chi connectivity index (χ4v) is 2.86. The third-order valence-electron chi connectivity index (χ3n) is 3.90. The summed E-state index contributed by atoms with van der Waals surface area (Å²) in [4.78, 5) is 34.5. The van der Waals surface area contributed by atoms with E-state index in [1.165, 1.54) is 42.6 Å². The molecule has 9 nitrogen and oxygen atoms in total. The summed E-state index contributed by atoms with van der Waals surface area (Å²) in [5.74, 6) is -2.95. The summed E-state index contributed by atoms with van der Waals surface area (Å²) < 4.78 is 6.13. The van der Waals surface area contributed by atoms with E-state index in [2.05, 4.69) is 26.5 Å². The van der Waals surface area contributed by atoms with Gasteiger partial charge in [-0.05, 0) is 48.5 Å². The number of hydrogen-bond acceptors (Lipinski definition) is 6. The molecule has 0 unspecified atom stereocenters. The van der Waals surface area contributed by atoms with Crippen molar-refractivity contribution in [3.05, 3.63) is 75.5 Å². The number of phenolic OH excluding ortho intramolecular Hbond substituents is 1. The van der Waals surface area contributed by atoms with E-state index in [-0.39, 0.29) is 39.5 Å². The van der Waals surface area contributed by atoms with E-state index in [1.54, 1.807) is 6.07 Å². The fraction of sp³-hybridized carbons (Fsp3) is 0. The zero-order chi connectivity index (χ0) is 21.8. The Bertz CT molecular complexity index is 1150. The van der Waals surface area contributed by atoms with Crippen molar-refractivity contribution < 1.29 is 34.1 Å². The van der Waals surface area contributed by atoms with Gasteiger partial charge in [0.15, 0.2) is 0 Å². The highest BCUT2D eigenvalue weighted by Crippen LogP contribution is 2.25. The van der Waals surface area contributed by atoms with Gasteiger partial charge in [0.25, 0.3) is 5.91 Å². The smallest absolute Gasteiger partial charge is 0.335 e. The van der Waals surface area contributed by atoms with Gasteiger partial charge in [-0.2, -0.15) is 5.10 Å². The Labute approximate surface area is 177 Å². The largest absolute Gasteiger partial charge is 0.507 e. The number of hydrazone groups is 1. The van der Waals surface area contributed by atoms with Gasteiger partial charge >= 0.3 is 11.9 Å². The summed E-state index contributed by atoms with van der Waals surface area (Å²) in [6.45, 7) is 0. The maximum atomic E-state index is 12.1. The first-order chi connectivity index (χ1) is 14.2. The van der Waals surface area contributed by atoms with Crippen LogP contribution in [-0.4, -0.2) is 39.4 Å². The number of aromatic carboxylic acids is 2. The number of carboxylic acids is 2. The highest BCUT2D eigenvalue weighted by atomic mass is 79.9. The second kappa shape index (κ2) is 8.62. The number of rotatable bonds is 6. The lowest BCUT2D eigenvalue weighted by Gasteiger charge is -2.03. The molecule has 30 heavy (non-hydrogen) atoms. The molecular formula is C20H13BrN2O7. The van der Waals surface area contributed by atoms with Gasteiger partial charge in [0.1, 0.15) is 17.3 Å². The molecule has 10 heteroatoms. The number of hydrogen-bond donors (Lipinski definition) is 4. The number of furan rings is 1. The third-order valence-corrected chi connectivity index (χ3v) is 4.39. The molecule has 0 aliphatic rings. The number of halogens is 1. The van der Waals surface area contributed by atoms with E-state index in [0.29, 0.717) is 4.47 Å². The predicted molar refractivity (Wildman–Crippen MR) is 109 cm³/mol. The van der Waals surface area contributed by atoms with Crippen LogP contribution in [0.3, 0.4) is 0 Å². The number of nitrogens with zero attached hydrogens (tertiary/aromatic N) is 1. The molecule has 0 fully saturated rings. The molecule has 0 aliphatic heterocycles. The first kappa shape index (κ1) is 20.8. The van der Waals surface area contributed by atoms with Crippen molar-refractivity contribution in [2.24, 2.45) is 5.10 Å². The molecule has 4 N–H and O–H groups in total. The summed E-state index contributed by atoms with van der Waals surface area (Å²) in [6.07, 6.45) is 1.20. The monoisotopic (exact) mass is 472 g/mol. The van der Waals surface area contributed by atoms with Gasteiger partial charge in [-0.3, -0.25) is 4.79 Å². The molecule has 3 aromatic rings. The number of benzene rings is 2. The molecule has 0 atom stereocenters. The van der Waals surface area contributed by atoms with Crippen LogP contribution in [0.2, 0.25) is 0 Å². The lowest BCUT2D eigenvalue weighted by atomic mass is 10.0. The SMILES string of the molecule is O=C(O)c1cc(C(=O)O)cc(-c2ccc(/C=N/NC(=O)c3cc(Br)ccc3O)o2)c1. The number of carbonyl (C=O) groups is 3. The van der Waals surface area contributed by atoms with Gasteiger partial charge in [0.2, 0.25) is 0 Å². The van der Waals surface area contributed by atoms with Crippen LogP contribution in [0.25, 0.3) is 11.3 Å². The zero-order valence-corrected chi connectivity index (χ0v) is 16.6. The Balaban J connectivity index is 1.78. The highest BCUT2D eigenvalue weighted by Gasteiger charge is 2.14. The Morgan fingerprint density at radius 2 is 1.63 bits per heavy atom. The van der Waals surface area contributed by atoms with Crippen LogP contribution in [-0.2, 0) is 0 Å². The highest BCUT2D eigenvalue weighted by molar-refractivity contribution is 9.10. The topological polar surface area (TPSA) is 149 Å². The molecule has 0 spiro atoms. The minimum absolute atomic E-state index is 0.0216. The molecule has 0 saturated heterocycles. The fourth-order valence-electron chi connectivity index (χ4n) is 2.50. The Kier molecular flexibility index (Phi) is 5.98. The normalized spacial score (nSPS) is 10.8. The van der Waals surface area contributed by atoms with E-state index in [4.69, 9.17) is 14.6 Å². The minimum Gasteiger partial charge on any atom is -0.507 e. The van der Waals surface area contributed by atoms with Gasteiger partial charge < -0.3 is 19.7 Å². The van der Waals surface area contributed by atoms with Crippen LogP contribution in [0.1, 0.15) is 36.8 Å². The van der Waals surface area contributed by atoms with E-state index in [0.717, 1.165) is 6.07 Å². The van der Waals surface area contributed by atoms with Crippen molar-refractivity contribution >= 4 is 40.0 Å². The standard InChI is InChI=1S/C20H13BrN2O7/c21-13-1-3-16(24)15(8-13)18(25)23-22-9-14-2-4-17(30-14)10-5-11(19(26)27)7-12(6-10)20(28)29/h1-9,24H,(H,23,25)(H,26,27)(H,28,29)/b22-9+. The summed E-state index contributed by atoms with van der Waals surface area (Å²) in [5.41, 5.74) is 2.13. The zero-order valence-electron chi connectivity index (χ0n) is 15.0. The number of phenols is 1. The average Bonchev–Trinajstić information content (AvgIpc) is 3.18. The maximum Gasteiger partial charge on any atom is 0.335 e. The van der Waals surface area contributed by atoms with Crippen molar-refractivity contribution in [3.63, 3.8) is 0 Å². The summed E-state index contributed by atoms with van der Waals surface area (Å²) in [6, 6.07) is 11.0. The number of carboxylic acid groups (broad SMARTS) is 2. The van der Waals surface area contributed by atoms with Crippen LogP contribution in [0.5, 0.6) is 5.75 Å². The molecular weight excluding hydrogens is 460 g/mol. The number of nitrogens with one attached hydrogen (secondary N) is 1. The number of carbonyl (C=O) groups excluding carboxylic acids is 1. The van der Waals surface area contributed by atoms with Gasteiger partial charge in [-0.1, -0.05) is 15.9 Å². The summed E-state index contributed by atoms with van der Waals surface area (Å²) in [5, 5.41) is 31.8. The van der Waals surface area contributed by atoms with Crippen LogP contribution in [0.4, 0.5) is 0 Å². The molecule has 152 valence electrons. The van der Waals surface area contributed by atoms with Gasteiger partial charge in [0, 0.05) is 10.0 Å². The second-order valence-corrected chi connectivity index (χ2v) is 6.89. The van der Waals surface area contributed by atoms with E-state index in [1.807, 2.05) is 0 Å². The van der Waals surface area contributed by atoms with E-state index in [9.17, 15) is 19.5 Å². The lowest BCUT2D eigenvalue weighted by Crippen LogP contribution is -2.17. The van der Waals surface area contributed by atoms with Crippen LogP contribution in [0, 0.1) is 0 Å². The van der Waals surface area contributed by atoms with Crippen LogP contribution < -0.4 is 5.43 Å². The van der Waals surface area contributed by atoms with Crippen molar-refractivity contribution in [3.8, 4) is 17.1 Å². The Morgan fingerprint density at radius 3 is 2.27 bits per heavy atom. The quantitative estimate of drug-likeness (QED) is 0.316. The molecule has 0 bridgehead atoms. The average molecular weight is 473 g/mol. The molecule has 0 saturated carbocycles. The van der Waals surface area contributed by atoms with Gasteiger partial charge in [-0.25, -0.2) is 15.0 Å². The van der Waals surface area contributed by atoms with Crippen molar-refractivity contribution in [2.45, 2.75) is 0 Å². The van der Waals surface area contributed by atoms with Crippen molar-refractivity contribution in [2.75, 3.05) is 0 Å². The summed E-state index contributed by atoms with van der Waals surface area (Å²) >= 11 is 3.20. The van der Waals surface area contributed by atoms with Crippen LogP contribution >= 0.6 is 15.9 Å². The lowest BCUT2D eigenvalue weighted by molar-refractivity contribution is 0.0696. The molecule has 0 aliphatic carbocycles. The first-order valence-corrected chi connectivity index (χ1v) is 9.07. The molecule has 1 aromatic heterocycles. The second-order valence-electron chi connectivity index (χ2n) is 5.97. The van der Waals surface area contributed by atoms with Crippen LogP contribution in [0.15, 0.2) is 62.5 Å². The van der Waals surface area contributed by atoms with E-state index < -0.39 is 17.8 Å². The number of aromatic hydroxyl groups is 1. The molecule has 0 radical (unpaired) electrons. The maximum absolute atomic E-state index is 12.1. The molecule has 3 rings (SSSR count). The van der Waals surface area contributed by atoms with E-state index >= 15 is 0 Å². The number of amides is 1. The molecule has 1 amide bonds.